The lowest BCUT2D eigenvalue weighted by Gasteiger charge is -2.35. The second kappa shape index (κ2) is 13.1. The normalized spacial score (nSPS) is 22.6. The molecule has 33 heavy (non-hydrogen) atoms. The van der Waals surface area contributed by atoms with Crippen LogP contribution in [0.5, 0.6) is 0 Å². The van der Waals surface area contributed by atoms with E-state index in [-0.39, 0.29) is 29.8 Å². The highest BCUT2D eigenvalue weighted by Crippen LogP contribution is 2.23. The zero-order chi connectivity index (χ0) is 22.3. The first-order chi connectivity index (χ1) is 15.7. The minimum Gasteiger partial charge on any atom is -0.367 e. The summed E-state index contributed by atoms with van der Waals surface area (Å²) in [5.41, 5.74) is 1.66. The topological polar surface area (TPSA) is 37.4 Å². The smallest absolute Gasteiger partial charge is 0.194 e. The summed E-state index contributed by atoms with van der Waals surface area (Å²) in [6.45, 7) is 16.4. The first-order valence-corrected chi connectivity index (χ1v) is 12.7. The highest BCUT2D eigenvalue weighted by Gasteiger charge is 2.27. The molecule has 1 unspecified atom stereocenters. The van der Waals surface area contributed by atoms with E-state index in [4.69, 9.17) is 4.99 Å². The fourth-order valence-corrected chi connectivity index (χ4v) is 5.31. The lowest BCUT2D eigenvalue weighted by molar-refractivity contribution is 0.270. The van der Waals surface area contributed by atoms with E-state index in [9.17, 15) is 4.39 Å². The van der Waals surface area contributed by atoms with Gasteiger partial charge in [-0.1, -0.05) is 13.0 Å². The number of likely N-dealkylation sites (tertiary alicyclic amines) is 2. The van der Waals surface area contributed by atoms with Gasteiger partial charge in [-0.25, -0.2) is 9.38 Å². The number of rotatable bonds is 7. The van der Waals surface area contributed by atoms with Crippen molar-refractivity contribution in [1.29, 1.82) is 0 Å². The average Bonchev–Trinajstić information content (AvgIpc) is 3.49. The Kier molecular flexibility index (Phi) is 10.5. The van der Waals surface area contributed by atoms with Gasteiger partial charge >= 0.3 is 0 Å². The van der Waals surface area contributed by atoms with Crippen molar-refractivity contribution in [3.8, 4) is 0 Å². The molecular formula is C25H42FIN6. The molecule has 1 N–H and O–H groups in total. The highest BCUT2D eigenvalue weighted by atomic mass is 127. The third kappa shape index (κ3) is 7.18. The molecule has 8 heteroatoms. The van der Waals surface area contributed by atoms with Crippen LogP contribution in [0.1, 0.15) is 38.7 Å². The fraction of sp³-hybridized carbons (Fsp3) is 0.720. The first kappa shape index (κ1) is 26.5. The van der Waals surface area contributed by atoms with Crippen molar-refractivity contribution in [3.05, 3.63) is 29.6 Å². The Morgan fingerprint density at radius 1 is 1.03 bits per heavy atom. The number of anilines is 1. The number of likely N-dealkylation sites (N-methyl/N-ethyl adjacent to an activating group) is 1. The lowest BCUT2D eigenvalue weighted by Crippen LogP contribution is -2.46. The minimum atomic E-state index is -0.125. The summed E-state index contributed by atoms with van der Waals surface area (Å²) in [7, 11) is 0. The molecule has 1 aromatic rings. The van der Waals surface area contributed by atoms with E-state index < -0.39 is 0 Å². The summed E-state index contributed by atoms with van der Waals surface area (Å²) in [5, 5.41) is 3.45. The van der Waals surface area contributed by atoms with Crippen LogP contribution in [0.3, 0.4) is 0 Å². The lowest BCUT2D eigenvalue weighted by atomic mass is 10.1. The SMILES string of the molecule is CCNC(=NCc1ccc(N2CCN(CC)CC2)c(F)c1)N1CCC(CN2CCCC2)C1.I. The largest absolute Gasteiger partial charge is 0.367 e. The van der Waals surface area contributed by atoms with Crippen LogP contribution in [0.15, 0.2) is 23.2 Å². The van der Waals surface area contributed by atoms with E-state index in [0.29, 0.717) is 6.54 Å². The molecule has 3 aliphatic heterocycles. The number of nitrogens with one attached hydrogen (secondary N) is 1. The predicted molar refractivity (Wildman–Crippen MR) is 146 cm³/mol. The van der Waals surface area contributed by atoms with Crippen LogP contribution in [0.25, 0.3) is 0 Å². The standard InChI is InChI=1S/C25H41FN6.HI/c1-3-27-25(32-12-9-22(20-32)19-30-10-5-6-11-30)28-18-21-7-8-24(23(26)17-21)31-15-13-29(4-2)14-16-31;/h7-8,17,22H,3-6,9-16,18-20H2,1-2H3,(H,27,28);1H. The van der Waals surface area contributed by atoms with E-state index in [0.717, 1.165) is 75.5 Å². The summed E-state index contributed by atoms with van der Waals surface area (Å²) in [5.74, 6) is 1.57. The number of hydrogen-bond acceptors (Lipinski definition) is 4. The van der Waals surface area contributed by atoms with Crippen LogP contribution >= 0.6 is 24.0 Å². The van der Waals surface area contributed by atoms with Crippen molar-refractivity contribution in [2.75, 3.05) is 76.9 Å². The van der Waals surface area contributed by atoms with Gasteiger partial charge in [0.2, 0.25) is 0 Å². The van der Waals surface area contributed by atoms with Crippen molar-refractivity contribution in [1.82, 2.24) is 20.0 Å². The van der Waals surface area contributed by atoms with Gasteiger partial charge in [0.05, 0.1) is 12.2 Å². The number of halogens is 2. The number of benzene rings is 1. The average molecular weight is 573 g/mol. The molecule has 3 heterocycles. The van der Waals surface area contributed by atoms with Crippen LogP contribution in [-0.2, 0) is 6.54 Å². The summed E-state index contributed by atoms with van der Waals surface area (Å²) < 4.78 is 14.9. The third-order valence-electron chi connectivity index (χ3n) is 7.22. The Labute approximate surface area is 216 Å². The maximum absolute atomic E-state index is 14.9. The molecular weight excluding hydrogens is 530 g/mol. The van der Waals surface area contributed by atoms with E-state index in [2.05, 4.69) is 38.8 Å². The van der Waals surface area contributed by atoms with Gasteiger partial charge in [-0.05, 0) is 69.4 Å². The molecule has 186 valence electrons. The highest BCUT2D eigenvalue weighted by molar-refractivity contribution is 14.0. The van der Waals surface area contributed by atoms with Crippen LogP contribution < -0.4 is 10.2 Å². The molecule has 1 atom stereocenters. The van der Waals surface area contributed by atoms with Crippen LogP contribution in [-0.4, -0.2) is 92.7 Å². The monoisotopic (exact) mass is 572 g/mol. The van der Waals surface area contributed by atoms with Gasteiger partial charge < -0.3 is 24.9 Å². The maximum Gasteiger partial charge on any atom is 0.194 e. The predicted octanol–water partition coefficient (Wildman–Crippen LogP) is 3.47. The van der Waals surface area contributed by atoms with Crippen molar-refractivity contribution < 1.29 is 4.39 Å². The summed E-state index contributed by atoms with van der Waals surface area (Å²) >= 11 is 0. The van der Waals surface area contributed by atoms with Crippen molar-refractivity contribution in [2.45, 2.75) is 39.7 Å². The summed E-state index contributed by atoms with van der Waals surface area (Å²) in [6, 6.07) is 5.66. The van der Waals surface area contributed by atoms with Gasteiger partial charge in [0.1, 0.15) is 5.82 Å². The molecule has 1 aromatic carbocycles. The fourth-order valence-electron chi connectivity index (χ4n) is 5.31. The molecule has 3 fully saturated rings. The Balaban J connectivity index is 0.00000306. The molecule has 0 bridgehead atoms. The van der Waals surface area contributed by atoms with Gasteiger partial charge in [-0.3, -0.25) is 0 Å². The molecule has 0 aliphatic carbocycles. The van der Waals surface area contributed by atoms with E-state index in [1.807, 2.05) is 12.1 Å². The van der Waals surface area contributed by atoms with Gasteiger partial charge in [-0.2, -0.15) is 0 Å². The maximum atomic E-state index is 14.9. The first-order valence-electron chi connectivity index (χ1n) is 12.7. The van der Waals surface area contributed by atoms with Crippen LogP contribution in [0.4, 0.5) is 10.1 Å². The number of aliphatic imine (C=N–C) groups is 1. The number of piperazine rings is 1. The number of guanidine groups is 1. The van der Waals surface area contributed by atoms with Crippen molar-refractivity contribution in [3.63, 3.8) is 0 Å². The Morgan fingerprint density at radius 3 is 2.45 bits per heavy atom. The minimum absolute atomic E-state index is 0. The van der Waals surface area contributed by atoms with Crippen molar-refractivity contribution in [2.24, 2.45) is 10.9 Å². The summed E-state index contributed by atoms with van der Waals surface area (Å²) in [4.78, 5) is 14.5. The second-order valence-electron chi connectivity index (χ2n) is 9.49. The quantitative estimate of drug-likeness (QED) is 0.308. The molecule has 3 aliphatic rings. The Morgan fingerprint density at radius 2 is 1.79 bits per heavy atom. The molecule has 0 spiro atoms. The van der Waals surface area contributed by atoms with Crippen LogP contribution in [0.2, 0.25) is 0 Å². The molecule has 0 saturated carbocycles. The summed E-state index contributed by atoms with van der Waals surface area (Å²) in [6.07, 6.45) is 3.94. The molecule has 6 nitrogen and oxygen atoms in total. The molecule has 0 amide bonds. The van der Waals surface area contributed by atoms with Gasteiger partial charge in [-0.15, -0.1) is 24.0 Å². The second-order valence-corrected chi connectivity index (χ2v) is 9.49. The molecule has 3 saturated heterocycles. The number of hydrogen-bond donors (Lipinski definition) is 1. The van der Waals surface area contributed by atoms with Crippen molar-refractivity contribution >= 4 is 35.6 Å². The molecule has 4 rings (SSSR count). The van der Waals surface area contributed by atoms with Crippen LogP contribution in [0, 0.1) is 11.7 Å². The Bertz CT molecular complexity index is 761. The van der Waals surface area contributed by atoms with E-state index >= 15 is 0 Å². The van der Waals surface area contributed by atoms with E-state index in [1.54, 1.807) is 6.07 Å². The van der Waals surface area contributed by atoms with Gasteiger partial charge in [0.25, 0.3) is 0 Å². The third-order valence-corrected chi connectivity index (χ3v) is 7.22. The van der Waals surface area contributed by atoms with E-state index in [1.165, 1.54) is 38.9 Å². The van der Waals surface area contributed by atoms with Gasteiger partial charge in [0.15, 0.2) is 5.96 Å². The van der Waals surface area contributed by atoms with Gasteiger partial charge in [0, 0.05) is 52.4 Å². The Hall–Kier alpha value is -1.13. The zero-order valence-corrected chi connectivity index (χ0v) is 22.8. The zero-order valence-electron chi connectivity index (χ0n) is 20.4. The number of nitrogens with zero attached hydrogens (tertiary/aromatic N) is 5. The molecule has 0 aromatic heterocycles. The molecule has 0 radical (unpaired) electrons.